The quantitative estimate of drug-likeness (QED) is 0.684. The van der Waals surface area contributed by atoms with Crippen LogP contribution in [0.4, 0.5) is 11.6 Å². The monoisotopic (exact) mass is 476 g/mol. The molecule has 2 N–H and O–H groups in total. The van der Waals surface area contributed by atoms with E-state index in [0.29, 0.717) is 30.4 Å². The summed E-state index contributed by atoms with van der Waals surface area (Å²) < 4.78 is 28.2. The number of aliphatic imine (C=N–C) groups is 1. The fourth-order valence-electron chi connectivity index (χ4n) is 3.69. The number of aromatic nitrogens is 2. The second-order valence-corrected chi connectivity index (χ2v) is 9.88. The van der Waals surface area contributed by atoms with Crippen LogP contribution < -0.4 is 14.9 Å². The molecule has 0 radical (unpaired) electrons. The van der Waals surface area contributed by atoms with Crippen molar-refractivity contribution in [3.8, 4) is 0 Å². The molecule has 0 saturated carbocycles. The molecule has 0 unspecified atom stereocenters. The smallest absolute Gasteiger partial charge is 0.276 e. The molecular formula is C21H25ClN6O3S. The molecule has 1 aromatic carbocycles. The predicted molar refractivity (Wildman–Crippen MR) is 124 cm³/mol. The summed E-state index contributed by atoms with van der Waals surface area (Å²) in [6, 6.07) is 6.04. The molecule has 32 heavy (non-hydrogen) atoms. The Morgan fingerprint density at radius 3 is 2.72 bits per heavy atom. The standard InChI is InChI=1S/C21H25ClN6O3S/c22-17-14-24-21(28-11-4-5-12-28)26-19(17)20(29)25-15-7-6-8-16(13-15)32(30,31)27-18-9-2-1-3-10-23-18/h6-8,13-14H,1-5,9-12H2,(H,23,27)(H,25,29). The van der Waals surface area contributed by atoms with E-state index in [1.165, 1.54) is 18.3 Å². The van der Waals surface area contributed by atoms with Gasteiger partial charge in [-0.2, -0.15) is 0 Å². The predicted octanol–water partition coefficient (Wildman–Crippen LogP) is 3.23. The van der Waals surface area contributed by atoms with Crippen LogP contribution in [-0.2, 0) is 10.0 Å². The summed E-state index contributed by atoms with van der Waals surface area (Å²) in [5, 5.41) is 2.82. The van der Waals surface area contributed by atoms with E-state index in [0.717, 1.165) is 45.2 Å². The van der Waals surface area contributed by atoms with Crippen molar-refractivity contribution in [3.63, 3.8) is 0 Å². The number of hydrogen-bond donors (Lipinski definition) is 2. The Labute approximate surface area is 192 Å². The molecule has 1 saturated heterocycles. The Morgan fingerprint density at radius 2 is 1.91 bits per heavy atom. The van der Waals surface area contributed by atoms with Gasteiger partial charge in [-0.05, 0) is 43.9 Å². The van der Waals surface area contributed by atoms with Crippen molar-refractivity contribution in [1.29, 1.82) is 0 Å². The maximum absolute atomic E-state index is 12.8. The van der Waals surface area contributed by atoms with E-state index >= 15 is 0 Å². The zero-order valence-electron chi connectivity index (χ0n) is 17.6. The van der Waals surface area contributed by atoms with Gasteiger partial charge in [0.05, 0.1) is 16.1 Å². The zero-order chi connectivity index (χ0) is 22.6. The van der Waals surface area contributed by atoms with E-state index in [-0.39, 0.29) is 15.6 Å². The molecule has 0 bridgehead atoms. The average Bonchev–Trinajstić information content (AvgIpc) is 3.20. The van der Waals surface area contributed by atoms with E-state index in [9.17, 15) is 13.2 Å². The fourth-order valence-corrected chi connectivity index (χ4v) is 5.00. The van der Waals surface area contributed by atoms with Gasteiger partial charge in [-0.15, -0.1) is 0 Å². The van der Waals surface area contributed by atoms with Crippen LogP contribution in [0, 0.1) is 0 Å². The molecule has 2 aromatic rings. The van der Waals surface area contributed by atoms with Crippen LogP contribution in [0.1, 0.15) is 49.0 Å². The first kappa shape index (κ1) is 22.5. The van der Waals surface area contributed by atoms with Crippen LogP contribution in [0.15, 0.2) is 40.4 Å². The van der Waals surface area contributed by atoms with Crippen molar-refractivity contribution in [3.05, 3.63) is 41.2 Å². The number of nitrogens with zero attached hydrogens (tertiary/aromatic N) is 4. The highest BCUT2D eigenvalue weighted by atomic mass is 35.5. The summed E-state index contributed by atoms with van der Waals surface area (Å²) in [6.07, 6.45) is 7.00. The number of amidine groups is 1. The zero-order valence-corrected chi connectivity index (χ0v) is 19.1. The van der Waals surface area contributed by atoms with E-state index < -0.39 is 15.9 Å². The van der Waals surface area contributed by atoms with Crippen LogP contribution in [0.25, 0.3) is 0 Å². The van der Waals surface area contributed by atoms with E-state index in [4.69, 9.17) is 11.6 Å². The molecular weight excluding hydrogens is 452 g/mol. The number of nitrogens with one attached hydrogen (secondary N) is 2. The minimum absolute atomic E-state index is 0.0359. The van der Waals surface area contributed by atoms with Crippen LogP contribution in [0.5, 0.6) is 0 Å². The number of carbonyl (C=O) groups excluding carboxylic acids is 1. The van der Waals surface area contributed by atoms with Crippen molar-refractivity contribution in [2.45, 2.75) is 43.4 Å². The number of anilines is 2. The van der Waals surface area contributed by atoms with Gasteiger partial charge in [0, 0.05) is 31.7 Å². The highest BCUT2D eigenvalue weighted by molar-refractivity contribution is 7.90. The molecule has 11 heteroatoms. The van der Waals surface area contributed by atoms with Gasteiger partial charge in [0.1, 0.15) is 5.84 Å². The number of benzene rings is 1. The Bertz CT molecular complexity index is 1130. The fraction of sp³-hybridized carbons (Fsp3) is 0.429. The Balaban J connectivity index is 1.51. The summed E-state index contributed by atoms with van der Waals surface area (Å²) in [5.74, 6) is 0.398. The molecule has 0 spiro atoms. The Kier molecular flexibility index (Phi) is 6.90. The molecule has 1 aromatic heterocycles. The second-order valence-electron chi connectivity index (χ2n) is 7.79. The Hall–Kier alpha value is -2.72. The number of hydrogen-bond acceptors (Lipinski definition) is 7. The van der Waals surface area contributed by atoms with Crippen LogP contribution in [0.3, 0.4) is 0 Å². The largest absolute Gasteiger partial charge is 0.341 e. The lowest BCUT2D eigenvalue weighted by Crippen LogP contribution is -2.30. The lowest BCUT2D eigenvalue weighted by molar-refractivity contribution is 0.102. The molecule has 170 valence electrons. The van der Waals surface area contributed by atoms with Crippen molar-refractivity contribution in [2.75, 3.05) is 29.9 Å². The SMILES string of the molecule is O=C(Nc1cccc(S(=O)(=O)NC2=NCCCCC2)c1)c1nc(N2CCCC2)ncc1Cl. The van der Waals surface area contributed by atoms with Gasteiger partial charge in [0.25, 0.3) is 15.9 Å². The van der Waals surface area contributed by atoms with Gasteiger partial charge < -0.3 is 10.2 Å². The number of halogens is 1. The molecule has 1 amide bonds. The van der Waals surface area contributed by atoms with Gasteiger partial charge in [0.15, 0.2) is 5.69 Å². The summed E-state index contributed by atoms with van der Waals surface area (Å²) in [7, 11) is -3.82. The molecule has 2 aliphatic heterocycles. The molecule has 1 fully saturated rings. The first-order valence-electron chi connectivity index (χ1n) is 10.7. The van der Waals surface area contributed by atoms with Gasteiger partial charge in [-0.3, -0.25) is 14.5 Å². The van der Waals surface area contributed by atoms with Crippen LogP contribution in [0.2, 0.25) is 5.02 Å². The van der Waals surface area contributed by atoms with E-state index in [1.54, 1.807) is 12.1 Å². The highest BCUT2D eigenvalue weighted by Gasteiger charge is 2.21. The van der Waals surface area contributed by atoms with Gasteiger partial charge in [-0.25, -0.2) is 18.4 Å². The van der Waals surface area contributed by atoms with Crippen LogP contribution in [-0.4, -0.2) is 49.8 Å². The number of rotatable bonds is 5. The van der Waals surface area contributed by atoms with Crippen molar-refractivity contribution < 1.29 is 13.2 Å². The number of carbonyl (C=O) groups is 1. The molecule has 0 aliphatic carbocycles. The average molecular weight is 477 g/mol. The summed E-state index contributed by atoms with van der Waals surface area (Å²) in [6.45, 7) is 2.29. The molecule has 3 heterocycles. The lowest BCUT2D eigenvalue weighted by Gasteiger charge is -2.16. The third-order valence-electron chi connectivity index (χ3n) is 5.36. The maximum atomic E-state index is 12.8. The minimum Gasteiger partial charge on any atom is -0.341 e. The van der Waals surface area contributed by atoms with Gasteiger partial charge in [-0.1, -0.05) is 24.1 Å². The minimum atomic E-state index is -3.82. The molecule has 4 rings (SSSR count). The first-order chi connectivity index (χ1) is 15.4. The third-order valence-corrected chi connectivity index (χ3v) is 7.02. The first-order valence-corrected chi connectivity index (χ1v) is 12.5. The van der Waals surface area contributed by atoms with E-state index in [1.807, 2.05) is 4.90 Å². The molecule has 0 atom stereocenters. The highest BCUT2D eigenvalue weighted by Crippen LogP contribution is 2.22. The topological polar surface area (TPSA) is 117 Å². The lowest BCUT2D eigenvalue weighted by atomic mass is 10.2. The van der Waals surface area contributed by atoms with Gasteiger partial charge in [0.2, 0.25) is 5.95 Å². The second kappa shape index (κ2) is 9.83. The normalized spacial score (nSPS) is 16.9. The summed E-state index contributed by atoms with van der Waals surface area (Å²) >= 11 is 6.17. The van der Waals surface area contributed by atoms with Gasteiger partial charge >= 0.3 is 0 Å². The summed E-state index contributed by atoms with van der Waals surface area (Å²) in [5.41, 5.74) is 0.362. The third kappa shape index (κ3) is 5.36. The van der Waals surface area contributed by atoms with Crippen LogP contribution >= 0.6 is 11.6 Å². The van der Waals surface area contributed by atoms with Crippen molar-refractivity contribution in [2.24, 2.45) is 4.99 Å². The van der Waals surface area contributed by atoms with Crippen molar-refractivity contribution >= 4 is 45.0 Å². The van der Waals surface area contributed by atoms with E-state index in [2.05, 4.69) is 25.0 Å². The summed E-state index contributed by atoms with van der Waals surface area (Å²) in [4.78, 5) is 27.7. The number of amides is 1. The number of sulfonamides is 1. The Morgan fingerprint density at radius 1 is 1.09 bits per heavy atom. The maximum Gasteiger partial charge on any atom is 0.276 e. The van der Waals surface area contributed by atoms with Crippen molar-refractivity contribution in [1.82, 2.24) is 14.7 Å². The molecule has 9 nitrogen and oxygen atoms in total. The molecule has 2 aliphatic rings.